The number of alkyl halides is 3. The van der Waals surface area contributed by atoms with E-state index in [-0.39, 0.29) is 16.7 Å². The number of nitrogens with zero attached hydrogens (tertiary/aromatic N) is 4. The van der Waals surface area contributed by atoms with Crippen molar-refractivity contribution in [2.24, 2.45) is 7.05 Å². The van der Waals surface area contributed by atoms with Crippen LogP contribution in [0.5, 0.6) is 11.6 Å². The molecule has 4 rings (SSSR count). The normalized spacial score (nSPS) is 15.0. The summed E-state index contributed by atoms with van der Waals surface area (Å²) in [5.74, 6) is -0.478. The Hall–Kier alpha value is -3.55. The molecule has 1 aliphatic rings. The number of rotatable bonds is 6. The Bertz CT molecular complexity index is 1330. The molecule has 0 aliphatic heterocycles. The van der Waals surface area contributed by atoms with E-state index in [0.29, 0.717) is 46.5 Å². The highest BCUT2D eigenvalue weighted by Gasteiger charge is 2.40. The predicted octanol–water partition coefficient (Wildman–Crippen LogP) is 4.56. The first-order valence-electron chi connectivity index (χ1n) is 10.4. The average molecular weight is 505 g/mol. The van der Waals surface area contributed by atoms with Gasteiger partial charge >= 0.3 is 6.18 Å². The third-order valence-corrected chi connectivity index (χ3v) is 6.16. The van der Waals surface area contributed by atoms with Crippen LogP contribution in [0.3, 0.4) is 0 Å². The predicted molar refractivity (Wildman–Crippen MR) is 121 cm³/mol. The van der Waals surface area contributed by atoms with Crippen molar-refractivity contribution in [2.75, 3.05) is 13.7 Å². The minimum Gasteiger partial charge on any atom is -0.478 e. The van der Waals surface area contributed by atoms with Crippen LogP contribution >= 0.6 is 11.6 Å². The summed E-state index contributed by atoms with van der Waals surface area (Å²) < 4.78 is 50.1. The smallest absolute Gasteiger partial charge is 0.422 e. The summed E-state index contributed by atoms with van der Waals surface area (Å²) in [7, 11) is 3.00. The van der Waals surface area contributed by atoms with Crippen molar-refractivity contribution in [3.8, 4) is 17.7 Å². The number of benzene rings is 1. The lowest BCUT2D eigenvalue weighted by atomic mass is 9.77. The van der Waals surface area contributed by atoms with Crippen molar-refractivity contribution in [1.82, 2.24) is 14.5 Å². The number of methoxy groups -OCH3 is 1. The molecule has 1 atom stereocenters. The van der Waals surface area contributed by atoms with Crippen LogP contribution in [0.1, 0.15) is 34.5 Å². The monoisotopic (exact) mass is 504 g/mol. The zero-order chi connectivity index (χ0) is 25.4. The first kappa shape index (κ1) is 24.6. The van der Waals surface area contributed by atoms with Crippen molar-refractivity contribution in [3.63, 3.8) is 0 Å². The quantitative estimate of drug-likeness (QED) is 0.529. The number of hydrogen-bond acceptors (Lipinski definition) is 6. The Kier molecular flexibility index (Phi) is 6.49. The SMILES string of the molecule is COc1nc2c(c(Cl)c1OCC(F)(F)F)C=C(C(O)(c1ccc(C#N)cc1)c1cncn1C)CC2. The second-order valence-corrected chi connectivity index (χ2v) is 8.37. The molecule has 0 radical (unpaired) electrons. The highest BCUT2D eigenvalue weighted by atomic mass is 35.5. The fourth-order valence-corrected chi connectivity index (χ4v) is 4.40. The number of imidazole rings is 1. The maximum Gasteiger partial charge on any atom is 0.422 e. The summed E-state index contributed by atoms with van der Waals surface area (Å²) in [5.41, 5.74) is 1.07. The molecule has 3 aromatic rings. The van der Waals surface area contributed by atoms with Gasteiger partial charge in [-0.2, -0.15) is 18.4 Å². The molecule has 0 saturated heterocycles. The number of aliphatic hydroxyl groups is 1. The van der Waals surface area contributed by atoms with Gasteiger partial charge in [0.15, 0.2) is 12.2 Å². The standard InChI is InChI=1S/C24H20ClF3N4O3/c1-32-13-30-11-19(32)24(33,15-5-3-14(10-29)4-6-15)16-7-8-18-17(9-16)20(25)21(22(31-18)34-2)35-12-23(26,27)28/h3-6,9,11,13,33H,7-8,12H2,1-2H3. The molecule has 0 saturated carbocycles. The van der Waals surface area contributed by atoms with E-state index in [4.69, 9.17) is 26.3 Å². The molecule has 35 heavy (non-hydrogen) atoms. The van der Waals surface area contributed by atoms with E-state index >= 15 is 0 Å². The molecular formula is C24H20ClF3N4O3. The van der Waals surface area contributed by atoms with Gasteiger partial charge in [-0.3, -0.25) is 0 Å². The van der Waals surface area contributed by atoms with Gasteiger partial charge in [-0.05, 0) is 42.2 Å². The first-order valence-corrected chi connectivity index (χ1v) is 10.8. The molecule has 0 fully saturated rings. The van der Waals surface area contributed by atoms with Gasteiger partial charge in [0.05, 0.1) is 47.7 Å². The number of aromatic nitrogens is 3. The summed E-state index contributed by atoms with van der Waals surface area (Å²) in [5, 5.41) is 21.2. The summed E-state index contributed by atoms with van der Waals surface area (Å²) in [4.78, 5) is 8.44. The van der Waals surface area contributed by atoms with E-state index in [1.165, 1.54) is 13.3 Å². The van der Waals surface area contributed by atoms with E-state index in [1.807, 2.05) is 6.07 Å². The van der Waals surface area contributed by atoms with Gasteiger partial charge in [0.2, 0.25) is 5.75 Å². The second-order valence-electron chi connectivity index (χ2n) is 7.99. The highest BCUT2D eigenvalue weighted by molar-refractivity contribution is 6.34. The van der Waals surface area contributed by atoms with Gasteiger partial charge in [-0.25, -0.2) is 9.97 Å². The summed E-state index contributed by atoms with van der Waals surface area (Å²) in [6, 6.07) is 8.53. The minimum absolute atomic E-state index is 0.0968. The van der Waals surface area contributed by atoms with E-state index in [0.717, 1.165) is 0 Å². The number of fused-ring (bicyclic) bond motifs is 1. The molecular weight excluding hydrogens is 485 g/mol. The molecule has 0 bridgehead atoms. The summed E-state index contributed by atoms with van der Waals surface area (Å²) in [6.45, 7) is -1.57. The lowest BCUT2D eigenvalue weighted by Crippen LogP contribution is -2.33. The van der Waals surface area contributed by atoms with Gasteiger partial charge in [0.1, 0.15) is 0 Å². The van der Waals surface area contributed by atoms with Crippen LogP contribution in [0.2, 0.25) is 5.02 Å². The molecule has 0 amide bonds. The van der Waals surface area contributed by atoms with Gasteiger partial charge in [0, 0.05) is 12.6 Å². The van der Waals surface area contributed by atoms with Crippen molar-refractivity contribution in [2.45, 2.75) is 24.6 Å². The number of hydrogen-bond donors (Lipinski definition) is 1. The van der Waals surface area contributed by atoms with E-state index in [2.05, 4.69) is 9.97 Å². The van der Waals surface area contributed by atoms with Crippen molar-refractivity contribution in [1.29, 1.82) is 5.26 Å². The Morgan fingerprint density at radius 2 is 1.94 bits per heavy atom. The Balaban J connectivity index is 1.88. The zero-order valence-electron chi connectivity index (χ0n) is 18.7. The van der Waals surface area contributed by atoms with Crippen LogP contribution in [0, 0.1) is 11.3 Å². The van der Waals surface area contributed by atoms with Crippen LogP contribution in [0.15, 0.2) is 42.4 Å². The number of nitriles is 1. The third-order valence-electron chi connectivity index (χ3n) is 5.78. The van der Waals surface area contributed by atoms with E-state index in [9.17, 15) is 18.3 Å². The van der Waals surface area contributed by atoms with Crippen LogP contribution < -0.4 is 9.47 Å². The van der Waals surface area contributed by atoms with Gasteiger partial charge in [0.25, 0.3) is 5.88 Å². The molecule has 1 aromatic carbocycles. The van der Waals surface area contributed by atoms with Crippen molar-refractivity contribution < 1.29 is 27.8 Å². The Labute approximate surface area is 204 Å². The second kappa shape index (κ2) is 9.24. The maximum atomic E-state index is 12.8. The molecule has 7 nitrogen and oxygen atoms in total. The summed E-state index contributed by atoms with van der Waals surface area (Å²) >= 11 is 6.50. The fourth-order valence-electron chi connectivity index (χ4n) is 4.11. The molecule has 11 heteroatoms. The number of ether oxygens (including phenoxy) is 2. The zero-order valence-corrected chi connectivity index (χ0v) is 19.5. The molecule has 2 heterocycles. The van der Waals surface area contributed by atoms with Crippen LogP contribution in [0.4, 0.5) is 13.2 Å². The lowest BCUT2D eigenvalue weighted by molar-refractivity contribution is -0.153. The topological polar surface area (TPSA) is 93.2 Å². The van der Waals surface area contributed by atoms with Gasteiger partial charge < -0.3 is 19.1 Å². The third kappa shape index (κ3) is 4.57. The maximum absolute atomic E-state index is 12.8. The lowest BCUT2D eigenvalue weighted by Gasteiger charge is -2.34. The first-order chi connectivity index (χ1) is 16.6. The number of aryl methyl sites for hydroxylation is 2. The Morgan fingerprint density at radius 1 is 1.23 bits per heavy atom. The molecule has 1 N–H and O–H groups in total. The van der Waals surface area contributed by atoms with Crippen LogP contribution in [0.25, 0.3) is 6.08 Å². The van der Waals surface area contributed by atoms with Gasteiger partial charge in [-0.15, -0.1) is 0 Å². The molecule has 1 unspecified atom stereocenters. The largest absolute Gasteiger partial charge is 0.478 e. The Morgan fingerprint density at radius 3 is 2.51 bits per heavy atom. The van der Waals surface area contributed by atoms with Crippen LogP contribution in [-0.2, 0) is 19.1 Å². The molecule has 2 aromatic heterocycles. The van der Waals surface area contributed by atoms with E-state index in [1.54, 1.807) is 48.3 Å². The van der Waals surface area contributed by atoms with Gasteiger partial charge in [-0.1, -0.05) is 23.7 Å². The molecule has 0 spiro atoms. The molecule has 182 valence electrons. The molecule has 1 aliphatic carbocycles. The minimum atomic E-state index is -4.58. The van der Waals surface area contributed by atoms with Crippen LogP contribution in [-0.4, -0.2) is 39.5 Å². The van der Waals surface area contributed by atoms with E-state index < -0.39 is 18.4 Å². The number of halogens is 4. The van der Waals surface area contributed by atoms with Crippen molar-refractivity contribution in [3.05, 3.63) is 75.5 Å². The fraction of sp³-hybridized carbons (Fsp3) is 0.292. The van der Waals surface area contributed by atoms with Crippen molar-refractivity contribution >= 4 is 17.7 Å². The highest BCUT2D eigenvalue weighted by Crippen LogP contribution is 2.46. The summed E-state index contributed by atoms with van der Waals surface area (Å²) in [6.07, 6.45) is 0.807. The number of pyridine rings is 1. The average Bonchev–Trinajstić information content (AvgIpc) is 3.28.